The molecular weight excluding hydrogens is 186 g/mol. The quantitative estimate of drug-likeness (QED) is 0.734. The standard InChI is InChI=1S/C13H17NO/c15-12-3-1-2-11(8-12)13-6-4-10(9-13)5-7-14-13/h1-3,8,10,14-15H,4-7,9H2. The van der Waals surface area contributed by atoms with E-state index in [0.717, 1.165) is 12.5 Å². The van der Waals surface area contributed by atoms with Crippen molar-refractivity contribution in [2.24, 2.45) is 5.92 Å². The molecule has 2 heteroatoms. The van der Waals surface area contributed by atoms with E-state index < -0.39 is 0 Å². The number of hydrogen-bond donors (Lipinski definition) is 2. The molecule has 0 aromatic heterocycles. The van der Waals surface area contributed by atoms with Crippen LogP contribution in [0.5, 0.6) is 5.75 Å². The molecule has 1 saturated carbocycles. The summed E-state index contributed by atoms with van der Waals surface area (Å²) >= 11 is 0. The summed E-state index contributed by atoms with van der Waals surface area (Å²) in [5.41, 5.74) is 1.44. The maximum atomic E-state index is 9.54. The van der Waals surface area contributed by atoms with E-state index in [1.807, 2.05) is 12.1 Å². The summed E-state index contributed by atoms with van der Waals surface area (Å²) in [6, 6.07) is 7.75. The molecule has 1 heterocycles. The Morgan fingerprint density at radius 2 is 2.27 bits per heavy atom. The topological polar surface area (TPSA) is 32.3 Å². The third kappa shape index (κ3) is 1.44. The van der Waals surface area contributed by atoms with Crippen LogP contribution in [0.4, 0.5) is 0 Å². The Balaban J connectivity index is 1.98. The summed E-state index contributed by atoms with van der Waals surface area (Å²) in [5.74, 6) is 1.28. The Labute approximate surface area is 90.3 Å². The second-order valence-corrected chi connectivity index (χ2v) is 4.96. The molecule has 3 rings (SSSR count). The van der Waals surface area contributed by atoms with Crippen LogP contribution in [0.25, 0.3) is 0 Å². The third-order valence-corrected chi connectivity index (χ3v) is 4.03. The normalized spacial score (nSPS) is 34.3. The fourth-order valence-corrected chi connectivity index (χ4v) is 3.24. The highest BCUT2D eigenvalue weighted by Gasteiger charge is 2.42. The molecular formula is C13H17NO. The highest BCUT2D eigenvalue weighted by atomic mass is 16.3. The van der Waals surface area contributed by atoms with E-state index in [-0.39, 0.29) is 5.54 Å². The second-order valence-electron chi connectivity index (χ2n) is 4.96. The van der Waals surface area contributed by atoms with Gasteiger partial charge in [-0.15, -0.1) is 0 Å². The number of hydrogen-bond acceptors (Lipinski definition) is 2. The minimum Gasteiger partial charge on any atom is -0.508 e. The number of aromatic hydroxyl groups is 1. The van der Waals surface area contributed by atoms with Gasteiger partial charge in [-0.3, -0.25) is 0 Å². The third-order valence-electron chi connectivity index (χ3n) is 4.03. The Kier molecular flexibility index (Phi) is 1.99. The van der Waals surface area contributed by atoms with Crippen molar-refractivity contribution >= 4 is 0 Å². The molecule has 0 amide bonds. The number of rotatable bonds is 1. The maximum absolute atomic E-state index is 9.54. The second kappa shape index (κ2) is 3.24. The van der Waals surface area contributed by atoms with Gasteiger partial charge in [-0.2, -0.15) is 0 Å². The lowest BCUT2D eigenvalue weighted by atomic mass is 9.84. The minimum absolute atomic E-state index is 0.168. The molecule has 1 aliphatic heterocycles. The summed E-state index contributed by atoms with van der Waals surface area (Å²) in [6.07, 6.45) is 5.13. The van der Waals surface area contributed by atoms with Gasteiger partial charge < -0.3 is 10.4 Å². The lowest BCUT2D eigenvalue weighted by Gasteiger charge is -2.35. The fraction of sp³-hybridized carbons (Fsp3) is 0.538. The number of benzene rings is 1. The Bertz CT molecular complexity index is 373. The number of piperidine rings is 1. The van der Waals surface area contributed by atoms with Gasteiger partial charge >= 0.3 is 0 Å². The van der Waals surface area contributed by atoms with Crippen LogP contribution in [-0.2, 0) is 5.54 Å². The SMILES string of the molecule is Oc1cccc(C23CCC(CCN2)C3)c1. The summed E-state index contributed by atoms with van der Waals surface area (Å²) in [5, 5.41) is 13.2. The molecule has 2 nitrogen and oxygen atoms in total. The van der Waals surface area contributed by atoms with Crippen molar-refractivity contribution < 1.29 is 5.11 Å². The van der Waals surface area contributed by atoms with Crippen LogP contribution in [0.15, 0.2) is 24.3 Å². The van der Waals surface area contributed by atoms with Crippen molar-refractivity contribution in [1.82, 2.24) is 5.32 Å². The van der Waals surface area contributed by atoms with E-state index >= 15 is 0 Å². The van der Waals surface area contributed by atoms with Crippen LogP contribution in [0.1, 0.15) is 31.2 Å². The predicted octanol–water partition coefficient (Wildman–Crippen LogP) is 2.38. The van der Waals surface area contributed by atoms with Crippen LogP contribution < -0.4 is 5.32 Å². The van der Waals surface area contributed by atoms with E-state index in [4.69, 9.17) is 0 Å². The number of fused-ring (bicyclic) bond motifs is 2. The molecule has 2 atom stereocenters. The zero-order chi connectivity index (χ0) is 10.3. The Morgan fingerprint density at radius 3 is 3.13 bits per heavy atom. The summed E-state index contributed by atoms with van der Waals surface area (Å²) in [4.78, 5) is 0. The van der Waals surface area contributed by atoms with Crippen LogP contribution in [0, 0.1) is 5.92 Å². The van der Waals surface area contributed by atoms with Gasteiger partial charge in [-0.05, 0) is 55.8 Å². The molecule has 2 aliphatic rings. The van der Waals surface area contributed by atoms with E-state index in [9.17, 15) is 5.11 Å². The van der Waals surface area contributed by atoms with E-state index in [1.54, 1.807) is 6.07 Å². The average Bonchev–Trinajstić information content (AvgIpc) is 2.56. The highest BCUT2D eigenvalue weighted by Crippen LogP contribution is 2.46. The van der Waals surface area contributed by atoms with Gasteiger partial charge in [0.15, 0.2) is 0 Å². The molecule has 2 fully saturated rings. The molecule has 1 aromatic carbocycles. The number of phenolic OH excluding ortho intramolecular Hbond substituents is 1. The van der Waals surface area contributed by atoms with Crippen LogP contribution in [0.2, 0.25) is 0 Å². The Morgan fingerprint density at radius 1 is 1.33 bits per heavy atom. The first-order chi connectivity index (χ1) is 7.28. The molecule has 80 valence electrons. The molecule has 15 heavy (non-hydrogen) atoms. The molecule has 1 aliphatic carbocycles. The number of phenols is 1. The minimum atomic E-state index is 0.168. The zero-order valence-corrected chi connectivity index (χ0v) is 8.87. The molecule has 0 radical (unpaired) electrons. The van der Waals surface area contributed by atoms with E-state index in [0.29, 0.717) is 5.75 Å². The first kappa shape index (κ1) is 9.22. The number of nitrogens with one attached hydrogen (secondary N) is 1. The monoisotopic (exact) mass is 203 g/mol. The van der Waals surface area contributed by atoms with Crippen molar-refractivity contribution in [1.29, 1.82) is 0 Å². The smallest absolute Gasteiger partial charge is 0.115 e. The molecule has 1 saturated heterocycles. The molecule has 2 unspecified atom stereocenters. The average molecular weight is 203 g/mol. The highest BCUT2D eigenvalue weighted by molar-refractivity contribution is 5.34. The summed E-state index contributed by atoms with van der Waals surface area (Å²) in [7, 11) is 0. The zero-order valence-electron chi connectivity index (χ0n) is 8.87. The van der Waals surface area contributed by atoms with Gasteiger partial charge in [0.05, 0.1) is 0 Å². The van der Waals surface area contributed by atoms with Crippen molar-refractivity contribution in [2.75, 3.05) is 6.54 Å². The largest absolute Gasteiger partial charge is 0.508 e. The first-order valence-corrected chi connectivity index (χ1v) is 5.83. The van der Waals surface area contributed by atoms with Gasteiger partial charge in [0, 0.05) is 5.54 Å². The van der Waals surface area contributed by atoms with E-state index in [1.165, 1.54) is 31.2 Å². The summed E-state index contributed by atoms with van der Waals surface area (Å²) in [6.45, 7) is 1.13. The molecule has 2 N–H and O–H groups in total. The Hall–Kier alpha value is -1.02. The van der Waals surface area contributed by atoms with E-state index in [2.05, 4.69) is 11.4 Å². The van der Waals surface area contributed by atoms with Crippen molar-refractivity contribution in [3.63, 3.8) is 0 Å². The van der Waals surface area contributed by atoms with Gasteiger partial charge in [0.1, 0.15) is 5.75 Å². The molecule has 1 aromatic rings. The van der Waals surface area contributed by atoms with Crippen LogP contribution >= 0.6 is 0 Å². The van der Waals surface area contributed by atoms with Crippen LogP contribution in [0.3, 0.4) is 0 Å². The van der Waals surface area contributed by atoms with Gasteiger partial charge in [0.2, 0.25) is 0 Å². The van der Waals surface area contributed by atoms with Crippen molar-refractivity contribution in [3.8, 4) is 5.75 Å². The first-order valence-electron chi connectivity index (χ1n) is 5.83. The maximum Gasteiger partial charge on any atom is 0.115 e. The van der Waals surface area contributed by atoms with Gasteiger partial charge in [-0.25, -0.2) is 0 Å². The predicted molar refractivity (Wildman–Crippen MR) is 59.7 cm³/mol. The van der Waals surface area contributed by atoms with Gasteiger partial charge in [-0.1, -0.05) is 12.1 Å². The molecule has 2 bridgehead atoms. The lowest BCUT2D eigenvalue weighted by Crippen LogP contribution is -2.43. The molecule has 0 spiro atoms. The van der Waals surface area contributed by atoms with Crippen molar-refractivity contribution in [2.45, 2.75) is 31.2 Å². The van der Waals surface area contributed by atoms with Crippen LogP contribution in [-0.4, -0.2) is 11.7 Å². The summed E-state index contributed by atoms with van der Waals surface area (Å²) < 4.78 is 0. The fourth-order valence-electron chi connectivity index (χ4n) is 3.24. The lowest BCUT2D eigenvalue weighted by molar-refractivity contribution is 0.274. The van der Waals surface area contributed by atoms with Gasteiger partial charge in [0.25, 0.3) is 0 Å². The van der Waals surface area contributed by atoms with Crippen molar-refractivity contribution in [3.05, 3.63) is 29.8 Å².